The third kappa shape index (κ3) is 5.24. The van der Waals surface area contributed by atoms with Gasteiger partial charge in [-0.2, -0.15) is 0 Å². The van der Waals surface area contributed by atoms with Crippen molar-refractivity contribution in [3.8, 4) is 11.5 Å². The minimum Gasteiger partial charge on any atom is -0.493 e. The number of thiocarbonyl (C=S) groups is 1. The van der Waals surface area contributed by atoms with Crippen LogP contribution in [-0.2, 0) is 22.6 Å². The minimum atomic E-state index is -0.624. The first-order valence-electron chi connectivity index (χ1n) is 11.1. The zero-order valence-corrected chi connectivity index (χ0v) is 21.1. The Morgan fingerprint density at radius 3 is 2.50 bits per heavy atom. The molecule has 0 unspecified atom stereocenters. The SMILES string of the molecule is CCc1ccc(N2C(=O)/C(=C/c3cc(Cl)c(OCc4ccccc4F)c(OC)c3)C(=O)NC2=S)cc1. The molecule has 1 fully saturated rings. The number of anilines is 1. The number of benzene rings is 3. The standard InChI is InChI=1S/C27H22ClFN2O4S/c1-3-16-8-10-19(11-9-16)31-26(33)20(25(32)30-27(31)36)12-17-13-21(28)24(23(14-17)34-2)35-15-18-6-4-5-7-22(18)29/h4-14H,3,15H2,1-2H3,(H,30,32,36)/b20-12+. The van der Waals surface area contributed by atoms with Crippen molar-refractivity contribution < 1.29 is 23.5 Å². The number of aryl methyl sites for hydroxylation is 1. The fraction of sp³-hybridized carbons (Fsp3) is 0.148. The van der Waals surface area contributed by atoms with Crippen LogP contribution in [-0.4, -0.2) is 24.0 Å². The minimum absolute atomic E-state index is 0.00102. The van der Waals surface area contributed by atoms with Gasteiger partial charge in [-0.3, -0.25) is 19.8 Å². The van der Waals surface area contributed by atoms with E-state index in [2.05, 4.69) is 5.32 Å². The summed E-state index contributed by atoms with van der Waals surface area (Å²) in [5.74, 6) is -1.12. The highest BCUT2D eigenvalue weighted by atomic mass is 35.5. The summed E-state index contributed by atoms with van der Waals surface area (Å²) in [5, 5.41) is 2.73. The van der Waals surface area contributed by atoms with Gasteiger partial charge in [-0.1, -0.05) is 48.9 Å². The number of methoxy groups -OCH3 is 1. The maximum Gasteiger partial charge on any atom is 0.270 e. The number of carbonyl (C=O) groups excluding carboxylic acids is 2. The highest BCUT2D eigenvalue weighted by Crippen LogP contribution is 2.38. The number of halogens is 2. The van der Waals surface area contributed by atoms with Crippen molar-refractivity contribution in [3.05, 3.63) is 93.8 Å². The van der Waals surface area contributed by atoms with Crippen LogP contribution in [0.15, 0.2) is 66.2 Å². The first-order valence-corrected chi connectivity index (χ1v) is 11.8. The van der Waals surface area contributed by atoms with Crippen LogP contribution in [0, 0.1) is 5.82 Å². The first kappa shape index (κ1) is 25.3. The van der Waals surface area contributed by atoms with Gasteiger partial charge in [-0.15, -0.1) is 0 Å². The molecule has 0 bridgehead atoms. The molecular formula is C27H22ClFN2O4S. The number of nitrogens with one attached hydrogen (secondary N) is 1. The molecule has 184 valence electrons. The van der Waals surface area contributed by atoms with Crippen molar-refractivity contribution in [1.29, 1.82) is 0 Å². The lowest BCUT2D eigenvalue weighted by molar-refractivity contribution is -0.122. The van der Waals surface area contributed by atoms with E-state index < -0.39 is 17.6 Å². The van der Waals surface area contributed by atoms with Crippen molar-refractivity contribution in [3.63, 3.8) is 0 Å². The van der Waals surface area contributed by atoms with Gasteiger partial charge in [0.25, 0.3) is 11.8 Å². The van der Waals surface area contributed by atoms with Crippen LogP contribution in [0.25, 0.3) is 6.08 Å². The predicted octanol–water partition coefficient (Wildman–Crippen LogP) is 5.46. The maximum absolute atomic E-state index is 14.0. The van der Waals surface area contributed by atoms with E-state index in [0.29, 0.717) is 16.8 Å². The van der Waals surface area contributed by atoms with E-state index in [4.69, 9.17) is 33.3 Å². The Labute approximate surface area is 218 Å². The van der Waals surface area contributed by atoms with Crippen molar-refractivity contribution in [2.45, 2.75) is 20.0 Å². The fourth-order valence-electron chi connectivity index (χ4n) is 3.67. The Morgan fingerprint density at radius 2 is 1.83 bits per heavy atom. The summed E-state index contributed by atoms with van der Waals surface area (Å²) in [6.07, 6.45) is 2.26. The van der Waals surface area contributed by atoms with Gasteiger partial charge in [0.1, 0.15) is 18.0 Å². The average molecular weight is 525 g/mol. The van der Waals surface area contributed by atoms with E-state index >= 15 is 0 Å². The molecule has 1 aliphatic heterocycles. The average Bonchev–Trinajstić information content (AvgIpc) is 2.86. The smallest absolute Gasteiger partial charge is 0.270 e. The van der Waals surface area contributed by atoms with E-state index in [1.807, 2.05) is 19.1 Å². The van der Waals surface area contributed by atoms with E-state index in [9.17, 15) is 14.0 Å². The zero-order valence-electron chi connectivity index (χ0n) is 19.5. The number of rotatable bonds is 7. The summed E-state index contributed by atoms with van der Waals surface area (Å²) in [4.78, 5) is 27.2. The summed E-state index contributed by atoms with van der Waals surface area (Å²) < 4.78 is 25.1. The Kier molecular flexibility index (Phi) is 7.67. The van der Waals surface area contributed by atoms with Crippen LogP contribution in [0.4, 0.5) is 10.1 Å². The van der Waals surface area contributed by atoms with Crippen molar-refractivity contribution in [1.82, 2.24) is 5.32 Å². The molecule has 6 nitrogen and oxygen atoms in total. The molecule has 4 rings (SSSR count). The van der Waals surface area contributed by atoms with Gasteiger partial charge in [-0.05, 0) is 66.2 Å². The van der Waals surface area contributed by atoms with Gasteiger partial charge in [-0.25, -0.2) is 4.39 Å². The normalized spacial score (nSPS) is 14.7. The highest BCUT2D eigenvalue weighted by Gasteiger charge is 2.34. The zero-order chi connectivity index (χ0) is 25.8. The van der Waals surface area contributed by atoms with Gasteiger partial charge in [0.15, 0.2) is 16.6 Å². The number of hydrogen-bond donors (Lipinski definition) is 1. The molecule has 0 saturated carbocycles. The molecule has 3 aromatic rings. The van der Waals surface area contributed by atoms with Crippen LogP contribution in [0.2, 0.25) is 5.02 Å². The van der Waals surface area contributed by atoms with Gasteiger partial charge in [0.2, 0.25) is 0 Å². The third-order valence-electron chi connectivity index (χ3n) is 5.60. The van der Waals surface area contributed by atoms with Gasteiger partial charge >= 0.3 is 0 Å². The Bertz CT molecular complexity index is 1370. The van der Waals surface area contributed by atoms with Crippen LogP contribution in [0.3, 0.4) is 0 Å². The van der Waals surface area contributed by atoms with Crippen LogP contribution in [0.1, 0.15) is 23.6 Å². The molecular weight excluding hydrogens is 503 g/mol. The van der Waals surface area contributed by atoms with Crippen LogP contribution < -0.4 is 19.7 Å². The number of ether oxygens (including phenoxy) is 2. The Morgan fingerprint density at radius 1 is 1.11 bits per heavy atom. The number of amides is 2. The molecule has 2 amide bonds. The maximum atomic E-state index is 14.0. The summed E-state index contributed by atoms with van der Waals surface area (Å²) >= 11 is 11.7. The molecule has 0 atom stereocenters. The number of nitrogens with zero attached hydrogens (tertiary/aromatic N) is 1. The molecule has 3 aromatic carbocycles. The summed E-state index contributed by atoms with van der Waals surface area (Å²) in [6.45, 7) is 1.97. The second-order valence-electron chi connectivity index (χ2n) is 7.89. The van der Waals surface area contributed by atoms with Gasteiger partial charge in [0, 0.05) is 5.56 Å². The Balaban J connectivity index is 1.64. The monoisotopic (exact) mass is 524 g/mol. The lowest BCUT2D eigenvalue weighted by Gasteiger charge is -2.29. The summed E-state index contributed by atoms with van der Waals surface area (Å²) in [6, 6.07) is 16.7. The van der Waals surface area contributed by atoms with Gasteiger partial charge < -0.3 is 9.47 Å². The molecule has 36 heavy (non-hydrogen) atoms. The molecule has 0 aromatic heterocycles. The lowest BCUT2D eigenvalue weighted by Crippen LogP contribution is -2.54. The molecule has 1 saturated heterocycles. The van der Waals surface area contributed by atoms with Crippen LogP contribution in [0.5, 0.6) is 11.5 Å². The van der Waals surface area contributed by atoms with E-state index in [-0.39, 0.29) is 33.8 Å². The topological polar surface area (TPSA) is 67.9 Å². The fourth-order valence-corrected chi connectivity index (χ4v) is 4.22. The van der Waals surface area contributed by atoms with Crippen molar-refractivity contribution >= 4 is 52.5 Å². The molecule has 1 N–H and O–H groups in total. The van der Waals surface area contributed by atoms with Crippen LogP contribution >= 0.6 is 23.8 Å². The third-order valence-corrected chi connectivity index (χ3v) is 6.16. The quantitative estimate of drug-likeness (QED) is 0.252. The molecule has 9 heteroatoms. The predicted molar refractivity (Wildman–Crippen MR) is 141 cm³/mol. The molecule has 0 aliphatic carbocycles. The largest absolute Gasteiger partial charge is 0.493 e. The van der Waals surface area contributed by atoms with E-state index in [0.717, 1.165) is 12.0 Å². The molecule has 1 heterocycles. The second-order valence-corrected chi connectivity index (χ2v) is 8.69. The number of carbonyl (C=O) groups is 2. The summed E-state index contributed by atoms with van der Waals surface area (Å²) in [5.41, 5.74) is 2.31. The molecule has 0 spiro atoms. The first-order chi connectivity index (χ1) is 17.3. The van der Waals surface area contributed by atoms with E-state index in [1.165, 1.54) is 30.2 Å². The molecule has 0 radical (unpaired) electrons. The van der Waals surface area contributed by atoms with Crippen molar-refractivity contribution in [2.24, 2.45) is 0 Å². The summed E-state index contributed by atoms with van der Waals surface area (Å²) in [7, 11) is 1.43. The Hall–Kier alpha value is -3.75. The second kappa shape index (κ2) is 10.9. The number of hydrogen-bond acceptors (Lipinski definition) is 5. The lowest BCUT2D eigenvalue weighted by atomic mass is 10.1. The van der Waals surface area contributed by atoms with E-state index in [1.54, 1.807) is 36.4 Å². The van der Waals surface area contributed by atoms with Gasteiger partial charge in [0.05, 0.1) is 17.8 Å². The molecule has 1 aliphatic rings. The highest BCUT2D eigenvalue weighted by molar-refractivity contribution is 7.80. The van der Waals surface area contributed by atoms with Crippen molar-refractivity contribution in [2.75, 3.05) is 12.0 Å².